The molecule has 3 heteroatoms. The van der Waals surface area contributed by atoms with Crippen molar-refractivity contribution in [3.8, 4) is 0 Å². The molecular weight excluding hydrogens is 277 g/mol. The molecule has 0 bridgehead atoms. The highest BCUT2D eigenvalue weighted by Gasteiger charge is 2.31. The number of amides is 1. The average Bonchev–Trinajstić information content (AvgIpc) is 2.99. The van der Waals surface area contributed by atoms with Crippen LogP contribution in [0.5, 0.6) is 0 Å². The van der Waals surface area contributed by atoms with E-state index in [9.17, 15) is 9.18 Å². The van der Waals surface area contributed by atoms with Crippen LogP contribution in [-0.2, 0) is 11.2 Å². The minimum absolute atomic E-state index is 0.0783. The molecule has 0 spiro atoms. The van der Waals surface area contributed by atoms with E-state index in [0.29, 0.717) is 18.5 Å². The van der Waals surface area contributed by atoms with Gasteiger partial charge < -0.3 is 4.90 Å². The SMILES string of the molecule is Cc1ccc(CC(=O)N2CCCC2c2ccccc2F)cc1. The second-order valence-corrected chi connectivity index (χ2v) is 5.93. The maximum Gasteiger partial charge on any atom is 0.227 e. The molecule has 1 amide bonds. The molecule has 3 rings (SSSR count). The minimum atomic E-state index is -0.220. The Kier molecular flexibility index (Phi) is 4.23. The Morgan fingerprint density at radius 3 is 2.64 bits per heavy atom. The first-order valence-electron chi connectivity index (χ1n) is 7.74. The van der Waals surface area contributed by atoms with Crippen LogP contribution in [0.4, 0.5) is 4.39 Å². The third kappa shape index (κ3) is 3.03. The summed E-state index contributed by atoms with van der Waals surface area (Å²) >= 11 is 0. The number of carbonyl (C=O) groups is 1. The van der Waals surface area contributed by atoms with Crippen LogP contribution < -0.4 is 0 Å². The number of nitrogens with zero attached hydrogens (tertiary/aromatic N) is 1. The molecule has 0 aromatic heterocycles. The first kappa shape index (κ1) is 14.8. The van der Waals surface area contributed by atoms with E-state index in [1.54, 1.807) is 12.1 Å². The number of benzene rings is 2. The molecule has 114 valence electrons. The number of hydrogen-bond acceptors (Lipinski definition) is 1. The number of carbonyl (C=O) groups excluding carboxylic acids is 1. The van der Waals surface area contributed by atoms with E-state index in [1.807, 2.05) is 42.2 Å². The topological polar surface area (TPSA) is 20.3 Å². The van der Waals surface area contributed by atoms with Gasteiger partial charge in [-0.25, -0.2) is 4.39 Å². The lowest BCUT2D eigenvalue weighted by Gasteiger charge is -2.25. The zero-order valence-electron chi connectivity index (χ0n) is 12.8. The van der Waals surface area contributed by atoms with Crippen LogP contribution in [0.25, 0.3) is 0 Å². The Balaban J connectivity index is 1.76. The predicted octanol–water partition coefficient (Wildman–Crippen LogP) is 4.04. The first-order chi connectivity index (χ1) is 10.6. The maximum atomic E-state index is 14.0. The number of rotatable bonds is 3. The standard InChI is InChI=1S/C19H20FNO/c1-14-8-10-15(11-9-14)13-19(22)21-12-4-7-18(21)16-5-2-3-6-17(16)20/h2-3,5-6,8-11,18H,4,7,12-13H2,1H3. The summed E-state index contributed by atoms with van der Waals surface area (Å²) in [7, 11) is 0. The Morgan fingerprint density at radius 1 is 1.18 bits per heavy atom. The van der Waals surface area contributed by atoms with Gasteiger partial charge in [0.1, 0.15) is 5.82 Å². The van der Waals surface area contributed by atoms with Crippen LogP contribution in [-0.4, -0.2) is 17.4 Å². The summed E-state index contributed by atoms with van der Waals surface area (Å²) < 4.78 is 14.0. The molecule has 1 unspecified atom stereocenters. The Hall–Kier alpha value is -2.16. The summed E-state index contributed by atoms with van der Waals surface area (Å²) in [6.07, 6.45) is 2.14. The van der Waals surface area contributed by atoms with Crippen molar-refractivity contribution in [1.29, 1.82) is 0 Å². The summed E-state index contributed by atoms with van der Waals surface area (Å²) in [5.41, 5.74) is 2.83. The highest BCUT2D eigenvalue weighted by molar-refractivity contribution is 5.79. The molecule has 0 radical (unpaired) electrons. The third-order valence-corrected chi connectivity index (χ3v) is 4.31. The quantitative estimate of drug-likeness (QED) is 0.837. The fourth-order valence-corrected chi connectivity index (χ4v) is 3.12. The Bertz CT molecular complexity index is 665. The smallest absolute Gasteiger partial charge is 0.227 e. The van der Waals surface area contributed by atoms with Gasteiger partial charge in [0.15, 0.2) is 0 Å². The van der Waals surface area contributed by atoms with Crippen LogP contribution in [0, 0.1) is 12.7 Å². The molecule has 1 atom stereocenters. The van der Waals surface area contributed by atoms with Crippen LogP contribution in [0.2, 0.25) is 0 Å². The van der Waals surface area contributed by atoms with E-state index < -0.39 is 0 Å². The molecule has 0 N–H and O–H groups in total. The maximum absolute atomic E-state index is 14.0. The number of likely N-dealkylation sites (tertiary alicyclic amines) is 1. The van der Waals surface area contributed by atoms with E-state index in [2.05, 4.69) is 0 Å². The lowest BCUT2D eigenvalue weighted by atomic mass is 10.0. The molecule has 1 aliphatic rings. The van der Waals surface area contributed by atoms with Crippen molar-refractivity contribution < 1.29 is 9.18 Å². The highest BCUT2D eigenvalue weighted by atomic mass is 19.1. The van der Waals surface area contributed by atoms with Gasteiger partial charge in [-0.15, -0.1) is 0 Å². The van der Waals surface area contributed by atoms with Crippen molar-refractivity contribution in [3.63, 3.8) is 0 Å². The van der Waals surface area contributed by atoms with Crippen LogP contribution in [0.3, 0.4) is 0 Å². The van der Waals surface area contributed by atoms with Crippen molar-refractivity contribution >= 4 is 5.91 Å². The van der Waals surface area contributed by atoms with Crippen molar-refractivity contribution in [2.75, 3.05) is 6.54 Å². The number of aryl methyl sites for hydroxylation is 1. The van der Waals surface area contributed by atoms with Gasteiger partial charge in [-0.05, 0) is 31.4 Å². The van der Waals surface area contributed by atoms with Gasteiger partial charge >= 0.3 is 0 Å². The van der Waals surface area contributed by atoms with Crippen molar-refractivity contribution in [2.45, 2.75) is 32.2 Å². The minimum Gasteiger partial charge on any atom is -0.335 e. The number of halogens is 1. The lowest BCUT2D eigenvalue weighted by molar-refractivity contribution is -0.131. The summed E-state index contributed by atoms with van der Waals surface area (Å²) in [5.74, 6) is -0.142. The largest absolute Gasteiger partial charge is 0.335 e. The van der Waals surface area contributed by atoms with Crippen LogP contribution in [0.1, 0.15) is 35.6 Å². The first-order valence-corrected chi connectivity index (χ1v) is 7.74. The fourth-order valence-electron chi connectivity index (χ4n) is 3.12. The molecular formula is C19H20FNO. The fraction of sp³-hybridized carbons (Fsp3) is 0.316. The van der Waals surface area contributed by atoms with Gasteiger partial charge in [0.05, 0.1) is 12.5 Å². The van der Waals surface area contributed by atoms with Gasteiger partial charge in [-0.2, -0.15) is 0 Å². The lowest BCUT2D eigenvalue weighted by Crippen LogP contribution is -2.32. The summed E-state index contributed by atoms with van der Waals surface area (Å²) in [6.45, 7) is 2.74. The highest BCUT2D eigenvalue weighted by Crippen LogP contribution is 2.33. The van der Waals surface area contributed by atoms with Crippen LogP contribution >= 0.6 is 0 Å². The average molecular weight is 297 g/mol. The predicted molar refractivity (Wildman–Crippen MR) is 85.0 cm³/mol. The van der Waals surface area contributed by atoms with Crippen molar-refractivity contribution in [2.24, 2.45) is 0 Å². The summed E-state index contributed by atoms with van der Waals surface area (Å²) in [5, 5.41) is 0. The van der Waals surface area contributed by atoms with Gasteiger partial charge in [-0.3, -0.25) is 4.79 Å². The van der Waals surface area contributed by atoms with Gasteiger partial charge in [-0.1, -0.05) is 48.0 Å². The van der Waals surface area contributed by atoms with E-state index in [1.165, 1.54) is 11.6 Å². The molecule has 1 aliphatic heterocycles. The molecule has 1 heterocycles. The zero-order chi connectivity index (χ0) is 15.5. The molecule has 0 saturated carbocycles. The van der Waals surface area contributed by atoms with E-state index in [-0.39, 0.29) is 17.8 Å². The van der Waals surface area contributed by atoms with Gasteiger partial charge in [0, 0.05) is 12.1 Å². The summed E-state index contributed by atoms with van der Waals surface area (Å²) in [4.78, 5) is 14.4. The third-order valence-electron chi connectivity index (χ3n) is 4.31. The normalized spacial score (nSPS) is 17.7. The number of hydrogen-bond donors (Lipinski definition) is 0. The second-order valence-electron chi connectivity index (χ2n) is 5.93. The molecule has 22 heavy (non-hydrogen) atoms. The Labute approximate surface area is 130 Å². The van der Waals surface area contributed by atoms with E-state index in [0.717, 1.165) is 18.4 Å². The van der Waals surface area contributed by atoms with Gasteiger partial charge in [0.25, 0.3) is 0 Å². The molecule has 2 nitrogen and oxygen atoms in total. The van der Waals surface area contributed by atoms with E-state index >= 15 is 0 Å². The zero-order valence-corrected chi connectivity index (χ0v) is 12.8. The molecule has 1 saturated heterocycles. The Morgan fingerprint density at radius 2 is 1.91 bits per heavy atom. The van der Waals surface area contributed by atoms with E-state index in [4.69, 9.17) is 0 Å². The second kappa shape index (κ2) is 6.30. The molecule has 0 aliphatic carbocycles. The summed E-state index contributed by atoms with van der Waals surface area (Å²) in [6, 6.07) is 14.7. The van der Waals surface area contributed by atoms with Crippen molar-refractivity contribution in [3.05, 3.63) is 71.0 Å². The molecule has 2 aromatic carbocycles. The van der Waals surface area contributed by atoms with Gasteiger partial charge in [0.2, 0.25) is 5.91 Å². The van der Waals surface area contributed by atoms with Crippen molar-refractivity contribution in [1.82, 2.24) is 4.90 Å². The monoisotopic (exact) mass is 297 g/mol. The molecule has 2 aromatic rings. The molecule has 1 fully saturated rings. The van der Waals surface area contributed by atoms with Crippen LogP contribution in [0.15, 0.2) is 48.5 Å².